The second-order valence-electron chi connectivity index (χ2n) is 3.99. The number of hydrogen-bond donors (Lipinski definition) is 0. The number of benzene rings is 1. The Morgan fingerprint density at radius 3 is 2.40 bits per heavy atom. The van der Waals surface area contributed by atoms with Crippen molar-refractivity contribution in [1.82, 2.24) is 5.16 Å². The van der Waals surface area contributed by atoms with Crippen molar-refractivity contribution in [2.24, 2.45) is 0 Å². The van der Waals surface area contributed by atoms with Gasteiger partial charge >= 0.3 is 6.18 Å². The summed E-state index contributed by atoms with van der Waals surface area (Å²) < 4.78 is 64.1. The Labute approximate surface area is 116 Å². The SMILES string of the molecule is Cc1ccc(-c2cc(C(F)(F)F)on2)cc1S(=O)(=O)Cl. The Balaban J connectivity index is 2.52. The standard InChI is InChI=1S/C11H7ClF3NO3S/c1-6-2-3-7(4-9(6)20(12,17)18)8-5-10(19-16-8)11(13,14)15/h2-5H,1H3. The lowest BCUT2D eigenvalue weighted by Gasteiger charge is -2.03. The summed E-state index contributed by atoms with van der Waals surface area (Å²) in [4.78, 5) is -0.187. The average Bonchev–Trinajstić information content (AvgIpc) is 2.77. The summed E-state index contributed by atoms with van der Waals surface area (Å²) in [5, 5.41) is 3.27. The molecule has 4 nitrogen and oxygen atoms in total. The van der Waals surface area contributed by atoms with Gasteiger partial charge in [-0.15, -0.1) is 0 Å². The summed E-state index contributed by atoms with van der Waals surface area (Å²) in [5.74, 6) is -1.26. The minimum atomic E-state index is -4.66. The molecule has 1 aromatic heterocycles. The Hall–Kier alpha value is -1.54. The van der Waals surface area contributed by atoms with E-state index in [4.69, 9.17) is 10.7 Å². The van der Waals surface area contributed by atoms with Crippen LogP contribution in [-0.2, 0) is 15.2 Å². The third kappa shape index (κ3) is 2.96. The monoisotopic (exact) mass is 325 g/mol. The topological polar surface area (TPSA) is 60.2 Å². The van der Waals surface area contributed by atoms with Crippen LogP contribution in [0.15, 0.2) is 33.7 Å². The molecular formula is C11H7ClF3NO3S. The van der Waals surface area contributed by atoms with E-state index in [-0.39, 0.29) is 16.2 Å². The smallest absolute Gasteiger partial charge is 0.351 e. The first kappa shape index (κ1) is 14.9. The highest BCUT2D eigenvalue weighted by atomic mass is 35.7. The lowest BCUT2D eigenvalue weighted by atomic mass is 10.1. The van der Waals surface area contributed by atoms with Crippen LogP contribution >= 0.6 is 10.7 Å². The molecule has 0 atom stereocenters. The van der Waals surface area contributed by atoms with Crippen molar-refractivity contribution >= 4 is 19.7 Å². The van der Waals surface area contributed by atoms with E-state index in [1.54, 1.807) is 0 Å². The molecule has 0 bridgehead atoms. The van der Waals surface area contributed by atoms with Gasteiger partial charge in [-0.2, -0.15) is 13.2 Å². The molecule has 0 amide bonds. The van der Waals surface area contributed by atoms with Gasteiger partial charge in [0.05, 0.1) is 4.90 Å². The van der Waals surface area contributed by atoms with Gasteiger partial charge in [0.25, 0.3) is 9.05 Å². The van der Waals surface area contributed by atoms with Gasteiger partial charge in [-0.1, -0.05) is 17.3 Å². The molecule has 9 heteroatoms. The van der Waals surface area contributed by atoms with Gasteiger partial charge in [0.1, 0.15) is 5.69 Å². The highest BCUT2D eigenvalue weighted by Crippen LogP contribution is 2.33. The summed E-state index contributed by atoms with van der Waals surface area (Å²) in [6, 6.07) is 4.69. The van der Waals surface area contributed by atoms with E-state index in [0.29, 0.717) is 11.6 Å². The van der Waals surface area contributed by atoms with Gasteiger partial charge in [0.15, 0.2) is 0 Å². The molecule has 1 heterocycles. The molecule has 0 spiro atoms. The van der Waals surface area contributed by atoms with Gasteiger partial charge in [-0.25, -0.2) is 8.42 Å². The maximum Gasteiger partial charge on any atom is 0.452 e. The molecule has 108 valence electrons. The molecule has 0 aliphatic rings. The van der Waals surface area contributed by atoms with Crippen LogP contribution in [0.1, 0.15) is 11.3 Å². The van der Waals surface area contributed by atoms with Crippen molar-refractivity contribution in [3.63, 3.8) is 0 Å². The quantitative estimate of drug-likeness (QED) is 0.792. The van der Waals surface area contributed by atoms with Crippen LogP contribution in [0.3, 0.4) is 0 Å². The highest BCUT2D eigenvalue weighted by molar-refractivity contribution is 8.13. The first-order chi connectivity index (χ1) is 9.09. The second-order valence-corrected chi connectivity index (χ2v) is 6.53. The maximum atomic E-state index is 12.4. The number of halogens is 4. The lowest BCUT2D eigenvalue weighted by Crippen LogP contribution is -2.02. The fraction of sp³-hybridized carbons (Fsp3) is 0.182. The molecule has 0 N–H and O–H groups in total. The number of aryl methyl sites for hydroxylation is 1. The molecule has 1 aromatic carbocycles. The Bertz CT molecular complexity index is 753. The summed E-state index contributed by atoms with van der Waals surface area (Å²) in [6.45, 7) is 1.52. The van der Waals surface area contributed by atoms with Crippen LogP contribution in [0.2, 0.25) is 0 Å². The summed E-state index contributed by atoms with van der Waals surface area (Å²) in [5.41, 5.74) is 0.413. The van der Waals surface area contributed by atoms with E-state index in [1.165, 1.54) is 19.1 Å². The number of rotatable bonds is 2. The Morgan fingerprint density at radius 1 is 1.25 bits per heavy atom. The van der Waals surface area contributed by atoms with E-state index in [9.17, 15) is 21.6 Å². The van der Waals surface area contributed by atoms with Crippen molar-refractivity contribution in [2.75, 3.05) is 0 Å². The van der Waals surface area contributed by atoms with Crippen LogP contribution in [0.4, 0.5) is 13.2 Å². The summed E-state index contributed by atoms with van der Waals surface area (Å²) >= 11 is 0. The fourth-order valence-electron chi connectivity index (χ4n) is 1.57. The van der Waals surface area contributed by atoms with E-state index in [2.05, 4.69) is 9.68 Å². The van der Waals surface area contributed by atoms with Crippen LogP contribution in [-0.4, -0.2) is 13.6 Å². The van der Waals surface area contributed by atoms with Crippen molar-refractivity contribution in [3.05, 3.63) is 35.6 Å². The second kappa shape index (κ2) is 4.78. The molecular weight excluding hydrogens is 319 g/mol. The van der Waals surface area contributed by atoms with Crippen molar-refractivity contribution in [2.45, 2.75) is 18.0 Å². The molecule has 0 radical (unpaired) electrons. The third-order valence-electron chi connectivity index (χ3n) is 2.54. The first-order valence-corrected chi connectivity index (χ1v) is 7.49. The number of alkyl halides is 3. The molecule has 20 heavy (non-hydrogen) atoms. The zero-order valence-corrected chi connectivity index (χ0v) is 11.5. The maximum absolute atomic E-state index is 12.4. The predicted octanol–water partition coefficient (Wildman–Crippen LogP) is 3.60. The van der Waals surface area contributed by atoms with E-state index in [0.717, 1.165) is 6.07 Å². The summed E-state index contributed by atoms with van der Waals surface area (Å²) in [7, 11) is 1.26. The van der Waals surface area contributed by atoms with Crippen molar-refractivity contribution in [1.29, 1.82) is 0 Å². The predicted molar refractivity (Wildman–Crippen MR) is 64.7 cm³/mol. The van der Waals surface area contributed by atoms with Crippen molar-refractivity contribution < 1.29 is 26.1 Å². The highest BCUT2D eigenvalue weighted by Gasteiger charge is 2.36. The van der Waals surface area contributed by atoms with Gasteiger partial charge in [0.2, 0.25) is 5.76 Å². The van der Waals surface area contributed by atoms with E-state index < -0.39 is 21.0 Å². The van der Waals surface area contributed by atoms with Gasteiger partial charge < -0.3 is 4.52 Å². The number of hydrogen-bond acceptors (Lipinski definition) is 4. The normalized spacial score (nSPS) is 12.7. The molecule has 0 saturated heterocycles. The van der Waals surface area contributed by atoms with Crippen molar-refractivity contribution in [3.8, 4) is 11.3 Å². The largest absolute Gasteiger partial charge is 0.452 e. The molecule has 2 rings (SSSR count). The Morgan fingerprint density at radius 2 is 1.90 bits per heavy atom. The minimum Gasteiger partial charge on any atom is -0.351 e. The van der Waals surface area contributed by atoms with E-state index >= 15 is 0 Å². The molecule has 0 saturated carbocycles. The molecule has 0 aliphatic carbocycles. The van der Waals surface area contributed by atoms with E-state index in [1.807, 2.05) is 0 Å². The van der Waals surface area contributed by atoms with Gasteiger partial charge in [-0.05, 0) is 18.6 Å². The number of aromatic nitrogens is 1. The van der Waals surface area contributed by atoms with Crippen LogP contribution < -0.4 is 0 Å². The fourth-order valence-corrected chi connectivity index (χ4v) is 2.79. The molecule has 0 fully saturated rings. The molecule has 0 unspecified atom stereocenters. The summed E-state index contributed by atoms with van der Waals surface area (Å²) in [6.07, 6.45) is -4.66. The first-order valence-electron chi connectivity index (χ1n) is 5.18. The third-order valence-corrected chi connectivity index (χ3v) is 4.00. The molecule has 0 aliphatic heterocycles. The zero-order valence-electron chi connectivity index (χ0n) is 9.90. The van der Waals surface area contributed by atoms with Crippen LogP contribution in [0.5, 0.6) is 0 Å². The average molecular weight is 326 g/mol. The van der Waals surface area contributed by atoms with Crippen LogP contribution in [0.25, 0.3) is 11.3 Å². The van der Waals surface area contributed by atoms with Crippen LogP contribution in [0, 0.1) is 6.92 Å². The van der Waals surface area contributed by atoms with Gasteiger partial charge in [-0.3, -0.25) is 0 Å². The lowest BCUT2D eigenvalue weighted by molar-refractivity contribution is -0.155. The van der Waals surface area contributed by atoms with Gasteiger partial charge in [0, 0.05) is 22.3 Å². The zero-order chi connectivity index (χ0) is 15.1. The number of nitrogens with zero attached hydrogens (tertiary/aromatic N) is 1. The molecule has 2 aromatic rings. The Kier molecular flexibility index (Phi) is 3.55. The minimum absolute atomic E-state index is 0.126.